The van der Waals surface area contributed by atoms with Crippen LogP contribution in [0.2, 0.25) is 0 Å². The van der Waals surface area contributed by atoms with Crippen molar-refractivity contribution in [2.24, 2.45) is 5.92 Å². The molecular formula is C16H21F3N2O. The van der Waals surface area contributed by atoms with Crippen LogP contribution in [0.15, 0.2) is 24.3 Å². The van der Waals surface area contributed by atoms with Gasteiger partial charge in [0.15, 0.2) is 0 Å². The standard InChI is InChI=1S/C16H21F3N2O/c1-11(15(22)21-7-6-20-10-12(21)2)8-13-4-3-5-14(9-13)16(17,18)19/h3-5,9,11-12,20H,6-8,10H2,1-2H3/t11?,12-/m1/s1. The number of alkyl halides is 3. The number of piperazine rings is 1. The third-order valence-corrected chi connectivity index (χ3v) is 4.00. The lowest BCUT2D eigenvalue weighted by atomic mass is 9.97. The highest BCUT2D eigenvalue weighted by atomic mass is 19.4. The maximum atomic E-state index is 12.7. The second-order valence-electron chi connectivity index (χ2n) is 5.89. The number of hydrogen-bond acceptors (Lipinski definition) is 2. The number of nitrogens with zero attached hydrogens (tertiary/aromatic N) is 1. The minimum Gasteiger partial charge on any atom is -0.337 e. The van der Waals surface area contributed by atoms with Crippen LogP contribution in [-0.2, 0) is 17.4 Å². The van der Waals surface area contributed by atoms with Crippen LogP contribution < -0.4 is 5.32 Å². The molecule has 1 N–H and O–H groups in total. The lowest BCUT2D eigenvalue weighted by Gasteiger charge is -2.35. The van der Waals surface area contributed by atoms with Crippen molar-refractivity contribution in [3.05, 3.63) is 35.4 Å². The summed E-state index contributed by atoms with van der Waals surface area (Å²) in [6.07, 6.45) is -4.03. The largest absolute Gasteiger partial charge is 0.416 e. The number of hydrogen-bond donors (Lipinski definition) is 1. The average molecular weight is 314 g/mol. The summed E-state index contributed by atoms with van der Waals surface area (Å²) in [6.45, 7) is 5.90. The Kier molecular flexibility index (Phi) is 5.11. The van der Waals surface area contributed by atoms with Gasteiger partial charge in [-0.2, -0.15) is 13.2 Å². The van der Waals surface area contributed by atoms with Crippen molar-refractivity contribution in [3.63, 3.8) is 0 Å². The van der Waals surface area contributed by atoms with Crippen molar-refractivity contribution >= 4 is 5.91 Å². The van der Waals surface area contributed by atoms with Crippen LogP contribution in [0.25, 0.3) is 0 Å². The monoisotopic (exact) mass is 314 g/mol. The van der Waals surface area contributed by atoms with Crippen LogP contribution in [-0.4, -0.2) is 36.5 Å². The Balaban J connectivity index is 2.05. The minimum absolute atomic E-state index is 0.00594. The second kappa shape index (κ2) is 6.69. The summed E-state index contributed by atoms with van der Waals surface area (Å²) in [6, 6.07) is 5.33. The van der Waals surface area contributed by atoms with Gasteiger partial charge >= 0.3 is 6.18 Å². The van der Waals surface area contributed by atoms with Gasteiger partial charge in [-0.15, -0.1) is 0 Å². The smallest absolute Gasteiger partial charge is 0.337 e. The van der Waals surface area contributed by atoms with Gasteiger partial charge in [0.1, 0.15) is 0 Å². The van der Waals surface area contributed by atoms with Crippen molar-refractivity contribution < 1.29 is 18.0 Å². The maximum absolute atomic E-state index is 12.7. The zero-order chi connectivity index (χ0) is 16.3. The number of benzene rings is 1. The molecule has 0 aromatic heterocycles. The molecular weight excluding hydrogens is 293 g/mol. The Morgan fingerprint density at radius 1 is 1.45 bits per heavy atom. The molecule has 6 heteroatoms. The normalized spacial score (nSPS) is 20.8. The molecule has 0 radical (unpaired) electrons. The number of amides is 1. The van der Waals surface area contributed by atoms with Gasteiger partial charge in [0.2, 0.25) is 5.91 Å². The van der Waals surface area contributed by atoms with E-state index in [0.717, 1.165) is 25.2 Å². The highest BCUT2D eigenvalue weighted by molar-refractivity contribution is 5.79. The molecule has 3 nitrogen and oxygen atoms in total. The fourth-order valence-corrected chi connectivity index (χ4v) is 2.77. The molecule has 1 aromatic carbocycles. The predicted octanol–water partition coefficient (Wildman–Crippen LogP) is 2.70. The quantitative estimate of drug-likeness (QED) is 0.930. The van der Waals surface area contributed by atoms with E-state index in [1.165, 1.54) is 6.07 Å². The molecule has 1 aliphatic heterocycles. The first-order valence-corrected chi connectivity index (χ1v) is 7.46. The van der Waals surface area contributed by atoms with Gasteiger partial charge < -0.3 is 10.2 Å². The number of carbonyl (C=O) groups is 1. The number of carbonyl (C=O) groups excluding carboxylic acids is 1. The third kappa shape index (κ3) is 4.00. The summed E-state index contributed by atoms with van der Waals surface area (Å²) in [7, 11) is 0. The Morgan fingerprint density at radius 2 is 2.18 bits per heavy atom. The Bertz CT molecular complexity index is 530. The van der Waals surface area contributed by atoms with Crippen molar-refractivity contribution in [2.45, 2.75) is 32.5 Å². The molecule has 1 aromatic rings. The number of halogens is 3. The van der Waals surface area contributed by atoms with Crippen LogP contribution in [0, 0.1) is 5.92 Å². The molecule has 1 unspecified atom stereocenters. The van der Waals surface area contributed by atoms with E-state index >= 15 is 0 Å². The van der Waals surface area contributed by atoms with Crippen LogP contribution >= 0.6 is 0 Å². The highest BCUT2D eigenvalue weighted by Gasteiger charge is 2.31. The van der Waals surface area contributed by atoms with Gasteiger partial charge in [0, 0.05) is 31.6 Å². The summed E-state index contributed by atoms with van der Waals surface area (Å²) in [5.74, 6) is -0.324. The van der Waals surface area contributed by atoms with Crippen molar-refractivity contribution in [2.75, 3.05) is 19.6 Å². The molecule has 1 amide bonds. The van der Waals surface area contributed by atoms with E-state index in [0.29, 0.717) is 18.5 Å². The first kappa shape index (κ1) is 16.8. The van der Waals surface area contributed by atoms with Crippen LogP contribution in [0.5, 0.6) is 0 Å². The van der Waals surface area contributed by atoms with Gasteiger partial charge in [0.05, 0.1) is 5.56 Å². The zero-order valence-corrected chi connectivity index (χ0v) is 12.8. The molecule has 1 aliphatic rings. The van der Waals surface area contributed by atoms with Gasteiger partial charge in [-0.05, 0) is 25.0 Å². The molecule has 2 atom stereocenters. The third-order valence-electron chi connectivity index (χ3n) is 4.00. The van der Waals surface area contributed by atoms with Crippen LogP contribution in [0.3, 0.4) is 0 Å². The molecule has 2 rings (SSSR count). The van der Waals surface area contributed by atoms with Crippen molar-refractivity contribution in [1.82, 2.24) is 10.2 Å². The first-order valence-electron chi connectivity index (χ1n) is 7.46. The zero-order valence-electron chi connectivity index (χ0n) is 12.8. The molecule has 122 valence electrons. The van der Waals surface area contributed by atoms with Gasteiger partial charge in [-0.3, -0.25) is 4.79 Å². The van der Waals surface area contributed by atoms with E-state index in [1.54, 1.807) is 13.0 Å². The minimum atomic E-state index is -4.35. The lowest BCUT2D eigenvalue weighted by Crippen LogP contribution is -2.53. The average Bonchev–Trinajstić information content (AvgIpc) is 2.46. The van der Waals surface area contributed by atoms with E-state index in [1.807, 2.05) is 11.8 Å². The molecule has 0 spiro atoms. The number of nitrogens with one attached hydrogen (secondary N) is 1. The van der Waals surface area contributed by atoms with Crippen LogP contribution in [0.1, 0.15) is 25.0 Å². The molecule has 1 saturated heterocycles. The second-order valence-corrected chi connectivity index (χ2v) is 5.89. The summed E-state index contributed by atoms with van der Waals surface area (Å²) in [5.41, 5.74) is -0.126. The van der Waals surface area contributed by atoms with Crippen molar-refractivity contribution in [3.8, 4) is 0 Å². The van der Waals surface area contributed by atoms with Gasteiger partial charge in [-0.1, -0.05) is 25.1 Å². The maximum Gasteiger partial charge on any atom is 0.416 e. The number of rotatable bonds is 3. The molecule has 0 bridgehead atoms. The molecule has 1 heterocycles. The van der Waals surface area contributed by atoms with E-state index in [4.69, 9.17) is 0 Å². The Hall–Kier alpha value is -1.56. The molecule has 22 heavy (non-hydrogen) atoms. The topological polar surface area (TPSA) is 32.3 Å². The molecule has 1 fully saturated rings. The van der Waals surface area contributed by atoms with E-state index < -0.39 is 11.7 Å². The van der Waals surface area contributed by atoms with Crippen molar-refractivity contribution in [1.29, 1.82) is 0 Å². The molecule has 0 aliphatic carbocycles. The fourth-order valence-electron chi connectivity index (χ4n) is 2.77. The van der Waals surface area contributed by atoms with E-state index in [-0.39, 0.29) is 17.9 Å². The first-order chi connectivity index (χ1) is 10.3. The Labute approximate surface area is 128 Å². The van der Waals surface area contributed by atoms with E-state index in [9.17, 15) is 18.0 Å². The highest BCUT2D eigenvalue weighted by Crippen LogP contribution is 2.30. The Morgan fingerprint density at radius 3 is 2.82 bits per heavy atom. The van der Waals surface area contributed by atoms with Crippen LogP contribution in [0.4, 0.5) is 13.2 Å². The fraction of sp³-hybridized carbons (Fsp3) is 0.562. The van der Waals surface area contributed by atoms with Gasteiger partial charge in [0.25, 0.3) is 0 Å². The lowest BCUT2D eigenvalue weighted by molar-refractivity contribution is -0.138. The predicted molar refractivity (Wildman–Crippen MR) is 78.4 cm³/mol. The SMILES string of the molecule is CC(Cc1cccc(C(F)(F)F)c1)C(=O)N1CCNC[C@H]1C. The van der Waals surface area contributed by atoms with E-state index in [2.05, 4.69) is 5.32 Å². The summed E-state index contributed by atoms with van der Waals surface area (Å²) in [4.78, 5) is 14.3. The summed E-state index contributed by atoms with van der Waals surface area (Å²) < 4.78 is 38.2. The molecule has 0 saturated carbocycles. The summed E-state index contributed by atoms with van der Waals surface area (Å²) in [5, 5.41) is 3.21. The summed E-state index contributed by atoms with van der Waals surface area (Å²) >= 11 is 0. The van der Waals surface area contributed by atoms with Gasteiger partial charge in [-0.25, -0.2) is 0 Å².